The zero-order chi connectivity index (χ0) is 25.4. The summed E-state index contributed by atoms with van der Waals surface area (Å²) in [5, 5.41) is 3.55. The zero-order valence-corrected chi connectivity index (χ0v) is 21.5. The van der Waals surface area contributed by atoms with Crippen molar-refractivity contribution in [3.05, 3.63) is 88.7 Å². The maximum atomic E-state index is 14.4. The maximum absolute atomic E-state index is 14.4. The normalized spacial score (nSPS) is 18.9. The molecule has 1 atom stereocenters. The van der Waals surface area contributed by atoms with Gasteiger partial charge in [0.1, 0.15) is 5.82 Å². The number of nitrogens with one attached hydrogen (secondary N) is 1. The third kappa shape index (κ3) is 4.64. The molecule has 0 aromatic heterocycles. The summed E-state index contributed by atoms with van der Waals surface area (Å²) >= 11 is 0. The van der Waals surface area contributed by atoms with Crippen LogP contribution in [-0.4, -0.2) is 39.3 Å². The number of piperazine rings is 1. The van der Waals surface area contributed by atoms with Gasteiger partial charge in [-0.1, -0.05) is 43.7 Å². The van der Waals surface area contributed by atoms with Crippen LogP contribution in [0.3, 0.4) is 0 Å². The van der Waals surface area contributed by atoms with E-state index >= 15 is 0 Å². The lowest BCUT2D eigenvalue weighted by Gasteiger charge is -2.40. The lowest BCUT2D eigenvalue weighted by molar-refractivity contribution is 0.0601. The Labute approximate surface area is 212 Å². The number of benzene rings is 3. The molecule has 0 saturated carbocycles. The van der Waals surface area contributed by atoms with E-state index in [1.807, 2.05) is 0 Å². The number of esters is 1. The Kier molecular flexibility index (Phi) is 6.37. The van der Waals surface area contributed by atoms with E-state index in [2.05, 4.69) is 84.4 Å². The summed E-state index contributed by atoms with van der Waals surface area (Å²) in [5.41, 5.74) is 6.32. The van der Waals surface area contributed by atoms with E-state index in [0.717, 1.165) is 43.7 Å². The summed E-state index contributed by atoms with van der Waals surface area (Å²) in [7, 11) is 1.33. The number of fused-ring (bicyclic) bond motifs is 1. The molecule has 1 fully saturated rings. The molecule has 0 bridgehead atoms. The highest BCUT2D eigenvalue weighted by atomic mass is 19.1. The van der Waals surface area contributed by atoms with Crippen LogP contribution in [0.2, 0.25) is 0 Å². The monoisotopic (exact) mass is 487 g/mol. The molecule has 5 rings (SSSR count). The van der Waals surface area contributed by atoms with E-state index in [1.54, 1.807) is 0 Å². The van der Waals surface area contributed by atoms with Crippen LogP contribution >= 0.6 is 0 Å². The lowest BCUT2D eigenvalue weighted by Crippen LogP contribution is -2.46. The van der Waals surface area contributed by atoms with Crippen LogP contribution in [0.25, 0.3) is 0 Å². The zero-order valence-electron chi connectivity index (χ0n) is 21.5. The molecule has 1 unspecified atom stereocenters. The number of halogens is 1. The number of hydrogen-bond donors (Lipinski definition) is 1. The number of aryl methyl sites for hydroxylation is 1. The Morgan fingerprint density at radius 3 is 2.31 bits per heavy atom. The van der Waals surface area contributed by atoms with Crippen molar-refractivity contribution in [2.45, 2.75) is 38.6 Å². The average molecular weight is 488 g/mol. The minimum atomic E-state index is -0.533. The highest BCUT2D eigenvalue weighted by Crippen LogP contribution is 2.46. The van der Waals surface area contributed by atoms with E-state index < -0.39 is 11.8 Å². The predicted octanol–water partition coefficient (Wildman–Crippen LogP) is 6.08. The van der Waals surface area contributed by atoms with Crippen LogP contribution in [0.5, 0.6) is 0 Å². The molecule has 36 heavy (non-hydrogen) atoms. The molecule has 0 amide bonds. The van der Waals surface area contributed by atoms with Gasteiger partial charge in [-0.2, -0.15) is 0 Å². The number of anilines is 3. The van der Waals surface area contributed by atoms with Gasteiger partial charge in [0, 0.05) is 37.6 Å². The molecular formula is C30H34FN3O2. The van der Waals surface area contributed by atoms with Crippen LogP contribution < -0.4 is 15.1 Å². The first-order valence-corrected chi connectivity index (χ1v) is 12.6. The Balaban J connectivity index is 1.37. The summed E-state index contributed by atoms with van der Waals surface area (Å²) in [6.45, 7) is 10.2. The van der Waals surface area contributed by atoms with Gasteiger partial charge in [-0.3, -0.25) is 0 Å². The second-order valence-corrected chi connectivity index (χ2v) is 10.6. The highest BCUT2D eigenvalue weighted by Gasteiger charge is 2.36. The first-order chi connectivity index (χ1) is 17.2. The lowest BCUT2D eigenvalue weighted by atomic mass is 9.73. The van der Waals surface area contributed by atoms with Crippen LogP contribution in [0.4, 0.5) is 21.5 Å². The van der Waals surface area contributed by atoms with Gasteiger partial charge in [0.15, 0.2) is 0 Å². The standard InChI is InChI=1S/C30H34FN3O2/c1-20-8-10-23(11-9-20)33-12-14-34(15-13-33)24-7-5-6-21(16-24)27-19-30(2,3)26-18-22(31)17-25(28(26)32-27)29(35)36-4/h5-11,16-18,27,32H,12-15,19H2,1-4H3. The molecule has 3 aromatic rings. The number of rotatable bonds is 4. The molecule has 6 heteroatoms. The molecule has 1 saturated heterocycles. The fourth-order valence-electron chi connectivity index (χ4n) is 5.53. The van der Waals surface area contributed by atoms with Crippen molar-refractivity contribution in [1.82, 2.24) is 0 Å². The van der Waals surface area contributed by atoms with E-state index in [9.17, 15) is 9.18 Å². The second kappa shape index (κ2) is 9.49. The van der Waals surface area contributed by atoms with E-state index in [4.69, 9.17) is 4.74 Å². The molecule has 5 nitrogen and oxygen atoms in total. The summed E-state index contributed by atoms with van der Waals surface area (Å²) < 4.78 is 19.3. The molecule has 3 aromatic carbocycles. The quantitative estimate of drug-likeness (QED) is 0.452. The number of ether oxygens (including phenoxy) is 1. The minimum absolute atomic E-state index is 0.00448. The van der Waals surface area contributed by atoms with E-state index in [-0.39, 0.29) is 17.0 Å². The smallest absolute Gasteiger partial charge is 0.340 e. The van der Waals surface area contributed by atoms with Crippen molar-refractivity contribution < 1.29 is 13.9 Å². The summed E-state index contributed by atoms with van der Waals surface area (Å²) in [6, 6.07) is 20.2. The fraction of sp³-hybridized carbons (Fsp3) is 0.367. The number of carbonyl (C=O) groups is 1. The number of hydrogen-bond acceptors (Lipinski definition) is 5. The topological polar surface area (TPSA) is 44.8 Å². The van der Waals surface area contributed by atoms with E-state index in [0.29, 0.717) is 5.69 Å². The first kappa shape index (κ1) is 24.2. The van der Waals surface area contributed by atoms with Gasteiger partial charge in [0.25, 0.3) is 0 Å². The van der Waals surface area contributed by atoms with Crippen LogP contribution in [0.15, 0.2) is 60.7 Å². The van der Waals surface area contributed by atoms with Crippen molar-refractivity contribution >= 4 is 23.0 Å². The van der Waals surface area contributed by atoms with Crippen molar-refractivity contribution in [1.29, 1.82) is 0 Å². The van der Waals surface area contributed by atoms with Crippen LogP contribution in [0, 0.1) is 12.7 Å². The van der Waals surface area contributed by atoms with Crippen LogP contribution in [0.1, 0.15) is 53.4 Å². The van der Waals surface area contributed by atoms with Crippen LogP contribution in [-0.2, 0) is 10.2 Å². The molecule has 0 radical (unpaired) electrons. The highest BCUT2D eigenvalue weighted by molar-refractivity contribution is 5.97. The summed E-state index contributed by atoms with van der Waals surface area (Å²) in [5.74, 6) is -0.954. The minimum Gasteiger partial charge on any atom is -0.465 e. The summed E-state index contributed by atoms with van der Waals surface area (Å²) in [4.78, 5) is 17.3. The Morgan fingerprint density at radius 1 is 0.972 bits per heavy atom. The molecule has 1 N–H and O–H groups in total. The third-order valence-corrected chi connectivity index (χ3v) is 7.59. The average Bonchev–Trinajstić information content (AvgIpc) is 2.88. The molecular weight excluding hydrogens is 453 g/mol. The van der Waals surface area contributed by atoms with Crippen molar-refractivity contribution in [3.63, 3.8) is 0 Å². The van der Waals surface area contributed by atoms with Gasteiger partial charge in [0.05, 0.1) is 24.4 Å². The van der Waals surface area contributed by atoms with E-state index in [1.165, 1.54) is 36.2 Å². The molecule has 188 valence electrons. The molecule has 2 aliphatic rings. The van der Waals surface area contributed by atoms with Gasteiger partial charge in [-0.15, -0.1) is 0 Å². The predicted molar refractivity (Wildman–Crippen MR) is 144 cm³/mol. The molecule has 2 heterocycles. The largest absolute Gasteiger partial charge is 0.465 e. The Hall–Kier alpha value is -3.54. The van der Waals surface area contributed by atoms with Crippen molar-refractivity contribution in [2.75, 3.05) is 48.4 Å². The van der Waals surface area contributed by atoms with Crippen molar-refractivity contribution in [3.8, 4) is 0 Å². The van der Waals surface area contributed by atoms with Gasteiger partial charge in [-0.25, -0.2) is 9.18 Å². The van der Waals surface area contributed by atoms with Gasteiger partial charge >= 0.3 is 5.97 Å². The number of carbonyl (C=O) groups excluding carboxylic acids is 1. The van der Waals surface area contributed by atoms with Gasteiger partial charge in [-0.05, 0) is 66.3 Å². The van der Waals surface area contributed by atoms with Crippen molar-refractivity contribution in [2.24, 2.45) is 0 Å². The molecule has 0 aliphatic carbocycles. The van der Waals surface area contributed by atoms with Gasteiger partial charge < -0.3 is 19.9 Å². The Bertz CT molecular complexity index is 1260. The first-order valence-electron chi connectivity index (χ1n) is 12.6. The number of nitrogens with zero attached hydrogens (tertiary/aromatic N) is 2. The SMILES string of the molecule is COC(=O)c1cc(F)cc2c1NC(c1cccc(N3CCN(c4ccc(C)cc4)CC3)c1)CC2(C)C. The summed E-state index contributed by atoms with van der Waals surface area (Å²) in [6.07, 6.45) is 0.786. The molecule has 2 aliphatic heterocycles. The second-order valence-electron chi connectivity index (χ2n) is 10.6. The fourth-order valence-corrected chi connectivity index (χ4v) is 5.53. The number of methoxy groups -OCH3 is 1. The third-order valence-electron chi connectivity index (χ3n) is 7.59. The maximum Gasteiger partial charge on any atom is 0.340 e. The Morgan fingerprint density at radius 2 is 1.64 bits per heavy atom. The van der Waals surface area contributed by atoms with Gasteiger partial charge in [0.2, 0.25) is 0 Å². The molecule has 0 spiro atoms.